The molecule has 2 aromatic rings. The normalized spacial score (nSPS) is 21.6. The van der Waals surface area contributed by atoms with Gasteiger partial charge in [-0.1, -0.05) is 45.2 Å². The number of carbonyl (C=O) groups is 1. The van der Waals surface area contributed by atoms with Crippen LogP contribution in [0.1, 0.15) is 86.5 Å². The van der Waals surface area contributed by atoms with Crippen LogP contribution in [0.3, 0.4) is 0 Å². The number of benzene rings is 1. The van der Waals surface area contributed by atoms with Gasteiger partial charge in [0.1, 0.15) is 12.2 Å². The van der Waals surface area contributed by atoms with Crippen molar-refractivity contribution in [3.05, 3.63) is 47.5 Å². The lowest BCUT2D eigenvalue weighted by atomic mass is 9.67. The van der Waals surface area contributed by atoms with Gasteiger partial charge < -0.3 is 9.47 Å². The molecule has 1 spiro atoms. The van der Waals surface area contributed by atoms with E-state index in [2.05, 4.69) is 52.6 Å². The molecule has 0 bridgehead atoms. The molecule has 1 aliphatic carbocycles. The molecule has 4 rings (SSSR count). The lowest BCUT2D eigenvalue weighted by Crippen LogP contribution is -2.34. The van der Waals surface area contributed by atoms with E-state index < -0.39 is 0 Å². The predicted octanol–water partition coefficient (Wildman–Crippen LogP) is 4.61. The molecule has 150 valence electrons. The highest BCUT2D eigenvalue weighted by atomic mass is 16.2. The highest BCUT2D eigenvalue weighted by molar-refractivity contribution is 5.94. The van der Waals surface area contributed by atoms with Gasteiger partial charge in [0, 0.05) is 31.1 Å². The summed E-state index contributed by atoms with van der Waals surface area (Å²) in [5.74, 6) is 1.99. The molecule has 1 aliphatic heterocycles. The summed E-state index contributed by atoms with van der Waals surface area (Å²) in [7, 11) is 0. The number of aryl methyl sites for hydroxylation is 1. The Morgan fingerprint density at radius 2 is 1.89 bits per heavy atom. The molecular formula is C23H32N4O. The van der Waals surface area contributed by atoms with E-state index in [4.69, 9.17) is 0 Å². The van der Waals surface area contributed by atoms with E-state index in [9.17, 15) is 4.79 Å². The summed E-state index contributed by atoms with van der Waals surface area (Å²) in [6.45, 7) is 8.97. The Kier molecular flexibility index (Phi) is 5.26. The van der Waals surface area contributed by atoms with Crippen LogP contribution in [0.4, 0.5) is 0 Å². The van der Waals surface area contributed by atoms with Crippen molar-refractivity contribution in [3.63, 3.8) is 0 Å². The quantitative estimate of drug-likeness (QED) is 0.778. The second kappa shape index (κ2) is 7.69. The average Bonchev–Trinajstić information content (AvgIpc) is 3.32. The lowest BCUT2D eigenvalue weighted by Gasteiger charge is -2.37. The Morgan fingerprint density at radius 3 is 2.54 bits per heavy atom. The van der Waals surface area contributed by atoms with Gasteiger partial charge in [0.05, 0.1) is 0 Å². The van der Waals surface area contributed by atoms with E-state index in [1.807, 2.05) is 18.5 Å². The van der Waals surface area contributed by atoms with E-state index in [0.717, 1.165) is 31.0 Å². The third kappa shape index (κ3) is 3.36. The number of carbonyl (C=O) groups excluding carboxylic acids is 1. The maximum atomic E-state index is 13.3. The number of hydrogen-bond donors (Lipinski definition) is 0. The van der Waals surface area contributed by atoms with Crippen molar-refractivity contribution in [1.82, 2.24) is 19.7 Å². The Bertz CT molecular complexity index is 817. The summed E-state index contributed by atoms with van der Waals surface area (Å²) in [5.41, 5.74) is 2.23. The van der Waals surface area contributed by atoms with Crippen molar-refractivity contribution in [2.24, 2.45) is 5.41 Å². The molecule has 2 aliphatic rings. The van der Waals surface area contributed by atoms with E-state index >= 15 is 0 Å². The maximum Gasteiger partial charge on any atom is 0.253 e. The van der Waals surface area contributed by atoms with Gasteiger partial charge in [0.15, 0.2) is 0 Å². The van der Waals surface area contributed by atoms with Crippen LogP contribution in [0.15, 0.2) is 30.6 Å². The van der Waals surface area contributed by atoms with Crippen LogP contribution in [0.2, 0.25) is 0 Å². The Labute approximate surface area is 168 Å². The van der Waals surface area contributed by atoms with Crippen molar-refractivity contribution >= 4 is 5.91 Å². The van der Waals surface area contributed by atoms with Crippen LogP contribution in [0.5, 0.6) is 0 Å². The van der Waals surface area contributed by atoms with Crippen molar-refractivity contribution in [1.29, 1.82) is 0 Å². The van der Waals surface area contributed by atoms with Crippen molar-refractivity contribution in [2.75, 3.05) is 13.1 Å². The molecule has 1 saturated carbocycles. The van der Waals surface area contributed by atoms with Crippen LogP contribution in [-0.4, -0.2) is 38.7 Å². The molecule has 2 heterocycles. The largest absolute Gasteiger partial charge is 0.337 e. The topological polar surface area (TPSA) is 51.0 Å². The van der Waals surface area contributed by atoms with Gasteiger partial charge in [-0.15, -0.1) is 10.2 Å². The van der Waals surface area contributed by atoms with E-state index in [0.29, 0.717) is 5.92 Å². The zero-order chi connectivity index (χ0) is 19.7. The van der Waals surface area contributed by atoms with Gasteiger partial charge >= 0.3 is 0 Å². The molecule has 5 nitrogen and oxygen atoms in total. The van der Waals surface area contributed by atoms with Crippen LogP contribution >= 0.6 is 0 Å². The second-order valence-corrected chi connectivity index (χ2v) is 8.91. The SMILES string of the molecule is CCn1cnnc1C1CN(C(=O)c2ccc(C(C)C)cc2)CC12CCCCC2. The van der Waals surface area contributed by atoms with Gasteiger partial charge in [-0.3, -0.25) is 4.79 Å². The molecule has 1 amide bonds. The number of nitrogens with zero attached hydrogens (tertiary/aromatic N) is 4. The van der Waals surface area contributed by atoms with Crippen molar-refractivity contribution in [2.45, 2.75) is 71.3 Å². The van der Waals surface area contributed by atoms with Gasteiger partial charge in [0.2, 0.25) is 0 Å². The third-order valence-corrected chi connectivity index (χ3v) is 6.91. The maximum absolute atomic E-state index is 13.3. The summed E-state index contributed by atoms with van der Waals surface area (Å²) >= 11 is 0. The first-order chi connectivity index (χ1) is 13.5. The zero-order valence-electron chi connectivity index (χ0n) is 17.4. The molecule has 1 aromatic carbocycles. The van der Waals surface area contributed by atoms with Crippen molar-refractivity contribution < 1.29 is 4.79 Å². The number of hydrogen-bond acceptors (Lipinski definition) is 3. The lowest BCUT2D eigenvalue weighted by molar-refractivity contribution is 0.0758. The molecule has 2 fully saturated rings. The van der Waals surface area contributed by atoms with Gasteiger partial charge in [0.25, 0.3) is 5.91 Å². The average molecular weight is 381 g/mol. The Morgan fingerprint density at radius 1 is 1.18 bits per heavy atom. The minimum absolute atomic E-state index is 0.158. The number of rotatable bonds is 4. The highest BCUT2D eigenvalue weighted by Gasteiger charge is 2.50. The van der Waals surface area contributed by atoms with Gasteiger partial charge in [-0.25, -0.2) is 0 Å². The smallest absolute Gasteiger partial charge is 0.253 e. The van der Waals surface area contributed by atoms with Crippen molar-refractivity contribution in [3.8, 4) is 0 Å². The molecule has 1 atom stereocenters. The summed E-state index contributed by atoms with van der Waals surface area (Å²) in [6, 6.07) is 8.17. The molecule has 28 heavy (non-hydrogen) atoms. The number of likely N-dealkylation sites (tertiary alicyclic amines) is 1. The third-order valence-electron chi connectivity index (χ3n) is 6.91. The second-order valence-electron chi connectivity index (χ2n) is 8.91. The first-order valence-corrected chi connectivity index (χ1v) is 10.8. The zero-order valence-corrected chi connectivity index (χ0v) is 17.4. The van der Waals surface area contributed by atoms with Crippen LogP contribution in [-0.2, 0) is 6.54 Å². The Balaban J connectivity index is 1.61. The first-order valence-electron chi connectivity index (χ1n) is 10.8. The number of amides is 1. The summed E-state index contributed by atoms with van der Waals surface area (Å²) in [4.78, 5) is 15.4. The number of aromatic nitrogens is 3. The van der Waals surface area contributed by atoms with Gasteiger partial charge in [-0.05, 0) is 48.8 Å². The molecule has 0 radical (unpaired) electrons. The van der Waals surface area contributed by atoms with E-state index in [1.54, 1.807) is 0 Å². The minimum Gasteiger partial charge on any atom is -0.337 e. The molecule has 1 unspecified atom stereocenters. The fourth-order valence-electron chi connectivity index (χ4n) is 5.21. The predicted molar refractivity (Wildman–Crippen MR) is 110 cm³/mol. The van der Waals surface area contributed by atoms with E-state index in [1.165, 1.54) is 37.7 Å². The molecular weight excluding hydrogens is 348 g/mol. The van der Waals surface area contributed by atoms with E-state index in [-0.39, 0.29) is 17.2 Å². The molecule has 0 N–H and O–H groups in total. The summed E-state index contributed by atoms with van der Waals surface area (Å²) in [6.07, 6.45) is 8.01. The monoisotopic (exact) mass is 380 g/mol. The molecule has 5 heteroatoms. The standard InChI is InChI=1S/C23H32N4O/c1-4-26-16-24-25-21(26)20-14-27(15-23(20)12-6-5-7-13-23)22(28)19-10-8-18(9-11-19)17(2)3/h8-11,16-17,20H,4-7,12-15H2,1-3H3. The Hall–Kier alpha value is -2.17. The van der Waals surface area contributed by atoms with Crippen LogP contribution in [0.25, 0.3) is 0 Å². The molecule has 1 saturated heterocycles. The molecule has 1 aromatic heterocycles. The first kappa shape index (κ1) is 19.2. The highest BCUT2D eigenvalue weighted by Crippen LogP contribution is 2.51. The fourth-order valence-corrected chi connectivity index (χ4v) is 5.21. The minimum atomic E-state index is 0.158. The summed E-state index contributed by atoms with van der Waals surface area (Å²) in [5, 5.41) is 8.67. The van der Waals surface area contributed by atoms with Gasteiger partial charge in [-0.2, -0.15) is 0 Å². The fraction of sp³-hybridized carbons (Fsp3) is 0.609. The van der Waals surface area contributed by atoms with Crippen LogP contribution < -0.4 is 0 Å². The summed E-state index contributed by atoms with van der Waals surface area (Å²) < 4.78 is 2.16. The van der Waals surface area contributed by atoms with Crippen LogP contribution in [0, 0.1) is 5.41 Å².